The van der Waals surface area contributed by atoms with E-state index in [0.717, 1.165) is 33.1 Å². The molecule has 0 saturated carbocycles. The number of pyridine rings is 1. The Morgan fingerprint density at radius 3 is 2.76 bits per heavy atom. The number of para-hydroxylation sites is 2. The van der Waals surface area contributed by atoms with Gasteiger partial charge in [-0.25, -0.2) is 0 Å². The van der Waals surface area contributed by atoms with Crippen LogP contribution < -0.4 is 5.32 Å². The molecular weight excluding hydrogens is 360 g/mol. The van der Waals surface area contributed by atoms with Gasteiger partial charge in [0.25, 0.3) is 0 Å². The van der Waals surface area contributed by atoms with Crippen LogP contribution in [0.15, 0.2) is 85.1 Å². The van der Waals surface area contributed by atoms with E-state index in [9.17, 15) is 4.79 Å². The van der Waals surface area contributed by atoms with Crippen LogP contribution in [0.2, 0.25) is 0 Å². The van der Waals surface area contributed by atoms with E-state index < -0.39 is 0 Å². The molecule has 5 nitrogen and oxygen atoms in total. The minimum Gasteiger partial charge on any atom is -0.380 e. The molecule has 5 rings (SSSR count). The van der Waals surface area contributed by atoms with Gasteiger partial charge < -0.3 is 5.32 Å². The Morgan fingerprint density at radius 2 is 1.79 bits per heavy atom. The molecule has 0 aliphatic rings. The molecule has 0 saturated heterocycles. The minimum atomic E-state index is -0.106. The number of aromatic amines is 1. The second-order valence-corrected chi connectivity index (χ2v) is 6.88. The van der Waals surface area contributed by atoms with Crippen molar-refractivity contribution in [1.82, 2.24) is 15.2 Å². The summed E-state index contributed by atoms with van der Waals surface area (Å²) in [6.07, 6.45) is 1.79. The van der Waals surface area contributed by atoms with Gasteiger partial charge in [-0.15, -0.1) is 0 Å². The third-order valence-corrected chi connectivity index (χ3v) is 5.01. The number of fused-ring (bicyclic) bond motifs is 2. The summed E-state index contributed by atoms with van der Waals surface area (Å²) >= 11 is 0. The fourth-order valence-corrected chi connectivity index (χ4v) is 3.52. The first-order valence-electron chi connectivity index (χ1n) is 9.44. The number of nitrogens with one attached hydrogen (secondary N) is 2. The van der Waals surface area contributed by atoms with E-state index in [2.05, 4.69) is 38.7 Å². The molecule has 0 aliphatic carbocycles. The summed E-state index contributed by atoms with van der Waals surface area (Å²) in [5.41, 5.74) is 4.73. The average molecular weight is 378 g/mol. The van der Waals surface area contributed by atoms with Gasteiger partial charge in [0.15, 0.2) is 0 Å². The molecule has 2 aromatic heterocycles. The van der Waals surface area contributed by atoms with Crippen molar-refractivity contribution in [2.75, 3.05) is 5.32 Å². The highest BCUT2D eigenvalue weighted by molar-refractivity contribution is 6.17. The SMILES string of the molecule is O=C(c1ccccc1NCc1ccc2cccnc2c1)c1n[nH]c2ccccc12. The highest BCUT2D eigenvalue weighted by Gasteiger charge is 2.18. The van der Waals surface area contributed by atoms with Crippen molar-refractivity contribution in [1.29, 1.82) is 0 Å². The Balaban J connectivity index is 1.43. The lowest BCUT2D eigenvalue weighted by Crippen LogP contribution is -2.08. The van der Waals surface area contributed by atoms with Crippen LogP contribution in [0.3, 0.4) is 0 Å². The van der Waals surface area contributed by atoms with Crippen LogP contribution in [0.1, 0.15) is 21.6 Å². The van der Waals surface area contributed by atoms with Crippen molar-refractivity contribution in [2.24, 2.45) is 0 Å². The molecule has 0 fully saturated rings. The number of benzene rings is 3. The molecule has 2 N–H and O–H groups in total. The second kappa shape index (κ2) is 7.20. The highest BCUT2D eigenvalue weighted by atomic mass is 16.1. The van der Waals surface area contributed by atoms with Gasteiger partial charge in [0, 0.05) is 34.8 Å². The minimum absolute atomic E-state index is 0.106. The van der Waals surface area contributed by atoms with Crippen LogP contribution >= 0.6 is 0 Å². The highest BCUT2D eigenvalue weighted by Crippen LogP contribution is 2.24. The number of nitrogens with zero attached hydrogens (tertiary/aromatic N) is 2. The standard InChI is InChI=1S/C24H18N4O/c29-24(23-18-7-1-4-10-21(18)27-28-23)19-8-2-3-9-20(19)26-15-16-11-12-17-6-5-13-25-22(17)14-16/h1-14,26H,15H2,(H,27,28). The number of anilines is 1. The van der Waals surface area contributed by atoms with Crippen LogP contribution in [0.4, 0.5) is 5.69 Å². The van der Waals surface area contributed by atoms with Gasteiger partial charge in [-0.05, 0) is 35.9 Å². The summed E-state index contributed by atoms with van der Waals surface area (Å²) in [4.78, 5) is 17.6. The van der Waals surface area contributed by atoms with Gasteiger partial charge in [-0.2, -0.15) is 5.10 Å². The number of H-pyrrole nitrogens is 1. The second-order valence-electron chi connectivity index (χ2n) is 6.88. The molecule has 0 atom stereocenters. The normalized spacial score (nSPS) is 11.0. The summed E-state index contributed by atoms with van der Waals surface area (Å²) in [6.45, 7) is 0.595. The van der Waals surface area contributed by atoms with Crippen molar-refractivity contribution < 1.29 is 4.79 Å². The molecule has 0 amide bonds. The summed E-state index contributed by atoms with van der Waals surface area (Å²) in [6, 6.07) is 25.4. The first-order valence-corrected chi connectivity index (χ1v) is 9.44. The third-order valence-electron chi connectivity index (χ3n) is 5.01. The van der Waals surface area contributed by atoms with Gasteiger partial charge in [0.1, 0.15) is 5.69 Å². The van der Waals surface area contributed by atoms with Crippen molar-refractivity contribution in [2.45, 2.75) is 6.54 Å². The lowest BCUT2D eigenvalue weighted by Gasteiger charge is -2.11. The Morgan fingerprint density at radius 1 is 0.931 bits per heavy atom. The van der Waals surface area contributed by atoms with Crippen LogP contribution in [0.5, 0.6) is 0 Å². The molecule has 2 heterocycles. The van der Waals surface area contributed by atoms with Gasteiger partial charge >= 0.3 is 0 Å². The van der Waals surface area contributed by atoms with Crippen LogP contribution in [0, 0.1) is 0 Å². The molecule has 140 valence electrons. The summed E-state index contributed by atoms with van der Waals surface area (Å²) in [7, 11) is 0. The zero-order valence-electron chi connectivity index (χ0n) is 15.6. The fraction of sp³-hybridized carbons (Fsp3) is 0.0417. The molecular formula is C24H18N4O. The topological polar surface area (TPSA) is 70.7 Å². The first kappa shape index (κ1) is 17.1. The van der Waals surface area contributed by atoms with E-state index in [1.165, 1.54) is 0 Å². The van der Waals surface area contributed by atoms with E-state index in [-0.39, 0.29) is 5.78 Å². The predicted molar refractivity (Wildman–Crippen MR) is 115 cm³/mol. The smallest absolute Gasteiger partial charge is 0.215 e. The van der Waals surface area contributed by atoms with Crippen molar-refractivity contribution in [3.63, 3.8) is 0 Å². The summed E-state index contributed by atoms with van der Waals surface area (Å²) in [5.74, 6) is -0.106. The van der Waals surface area contributed by atoms with Gasteiger partial charge in [0.2, 0.25) is 5.78 Å². The van der Waals surface area contributed by atoms with E-state index in [1.807, 2.05) is 60.7 Å². The fourth-order valence-electron chi connectivity index (χ4n) is 3.52. The number of ketones is 1. The largest absolute Gasteiger partial charge is 0.380 e. The molecule has 0 aliphatic heterocycles. The van der Waals surface area contributed by atoms with E-state index in [1.54, 1.807) is 6.20 Å². The molecule has 0 bridgehead atoms. The predicted octanol–water partition coefficient (Wildman–Crippen LogP) is 4.95. The molecule has 3 aromatic carbocycles. The van der Waals surface area contributed by atoms with Crippen molar-refractivity contribution in [3.05, 3.63) is 102 Å². The molecule has 0 spiro atoms. The lowest BCUT2D eigenvalue weighted by atomic mass is 10.0. The molecule has 5 heteroatoms. The number of hydrogen-bond donors (Lipinski definition) is 2. The maximum absolute atomic E-state index is 13.2. The first-order chi connectivity index (χ1) is 14.3. The van der Waals surface area contributed by atoms with E-state index >= 15 is 0 Å². The molecule has 5 aromatic rings. The van der Waals surface area contributed by atoms with Gasteiger partial charge in [-0.1, -0.05) is 48.5 Å². The molecule has 0 unspecified atom stereocenters. The number of aromatic nitrogens is 3. The van der Waals surface area contributed by atoms with Crippen LogP contribution in [-0.4, -0.2) is 21.0 Å². The zero-order chi connectivity index (χ0) is 19.6. The number of rotatable bonds is 5. The monoisotopic (exact) mass is 378 g/mol. The van der Waals surface area contributed by atoms with Crippen LogP contribution in [-0.2, 0) is 6.54 Å². The number of carbonyl (C=O) groups is 1. The lowest BCUT2D eigenvalue weighted by molar-refractivity contribution is 0.103. The Labute approximate surface area is 167 Å². The maximum atomic E-state index is 13.2. The molecule has 29 heavy (non-hydrogen) atoms. The Hall–Kier alpha value is -3.99. The summed E-state index contributed by atoms with van der Waals surface area (Å²) in [5, 5.41) is 12.5. The Bertz CT molecular complexity index is 1340. The zero-order valence-corrected chi connectivity index (χ0v) is 15.6. The van der Waals surface area contributed by atoms with Crippen LogP contribution in [0.25, 0.3) is 21.8 Å². The third kappa shape index (κ3) is 3.23. The average Bonchev–Trinajstić information content (AvgIpc) is 3.21. The molecule has 0 radical (unpaired) electrons. The van der Waals surface area contributed by atoms with Crippen molar-refractivity contribution >= 4 is 33.3 Å². The van der Waals surface area contributed by atoms with Gasteiger partial charge in [0.05, 0.1) is 11.0 Å². The quantitative estimate of drug-likeness (QED) is 0.424. The Kier molecular flexibility index (Phi) is 4.26. The van der Waals surface area contributed by atoms with E-state index in [0.29, 0.717) is 17.8 Å². The van der Waals surface area contributed by atoms with Crippen molar-refractivity contribution in [3.8, 4) is 0 Å². The van der Waals surface area contributed by atoms with Gasteiger partial charge in [-0.3, -0.25) is 14.9 Å². The number of hydrogen-bond acceptors (Lipinski definition) is 4. The summed E-state index contributed by atoms with van der Waals surface area (Å²) < 4.78 is 0. The maximum Gasteiger partial charge on any atom is 0.215 e. The van der Waals surface area contributed by atoms with E-state index in [4.69, 9.17) is 0 Å². The number of carbonyl (C=O) groups excluding carboxylic acids is 1.